The van der Waals surface area contributed by atoms with Crippen LogP contribution in [0.25, 0.3) is 11.3 Å². The number of tetrazole rings is 1. The highest BCUT2D eigenvalue weighted by molar-refractivity contribution is 6.31. The first kappa shape index (κ1) is 19.2. The molecule has 1 amide bonds. The van der Waals surface area contributed by atoms with Crippen LogP contribution in [0.5, 0.6) is 0 Å². The summed E-state index contributed by atoms with van der Waals surface area (Å²) in [6.45, 7) is -0.355. The number of nitrogens with zero attached hydrogens (tertiary/aromatic N) is 5. The molecule has 2 aliphatic heterocycles. The van der Waals surface area contributed by atoms with Gasteiger partial charge in [-0.3, -0.25) is 9.59 Å². The van der Waals surface area contributed by atoms with Crippen LogP contribution in [-0.2, 0) is 19.1 Å². The molecule has 0 spiro atoms. The predicted octanol–water partition coefficient (Wildman–Crippen LogP) is 1.34. The smallest absolute Gasteiger partial charge is 0.329 e. The molecule has 2 atom stereocenters. The topological polar surface area (TPSA) is 107 Å². The fourth-order valence-corrected chi connectivity index (χ4v) is 4.04. The predicted molar refractivity (Wildman–Crippen MR) is 97.4 cm³/mol. The van der Waals surface area contributed by atoms with Gasteiger partial charge >= 0.3 is 5.97 Å². The maximum Gasteiger partial charge on any atom is 0.329 e. The number of carbonyl (C=O) groups excluding carboxylic acids is 3. The van der Waals surface area contributed by atoms with E-state index in [1.165, 1.54) is 28.1 Å². The molecule has 3 heterocycles. The van der Waals surface area contributed by atoms with E-state index in [0.717, 1.165) is 0 Å². The molecule has 1 unspecified atom stereocenters. The van der Waals surface area contributed by atoms with Gasteiger partial charge in [0.2, 0.25) is 5.91 Å². The molecule has 0 saturated carbocycles. The van der Waals surface area contributed by atoms with Crippen molar-refractivity contribution in [3.63, 3.8) is 0 Å². The monoisotopic (exact) mass is 419 g/mol. The van der Waals surface area contributed by atoms with Gasteiger partial charge < -0.3 is 9.64 Å². The quantitative estimate of drug-likeness (QED) is 0.531. The Kier molecular flexibility index (Phi) is 5.10. The van der Waals surface area contributed by atoms with Crippen LogP contribution in [0, 0.1) is 5.82 Å². The molecule has 9 nitrogen and oxygen atoms in total. The summed E-state index contributed by atoms with van der Waals surface area (Å²) in [6.07, 6.45) is 4.38. The lowest BCUT2D eigenvalue weighted by Gasteiger charge is -2.33. The minimum absolute atomic E-state index is 0.0886. The average Bonchev–Trinajstić information content (AvgIpc) is 3.38. The number of rotatable bonds is 5. The number of benzene rings is 1. The van der Waals surface area contributed by atoms with Gasteiger partial charge in [-0.05, 0) is 47.4 Å². The second kappa shape index (κ2) is 7.70. The number of aromatic nitrogens is 4. The van der Waals surface area contributed by atoms with Crippen LogP contribution in [0.1, 0.15) is 24.8 Å². The highest BCUT2D eigenvalue weighted by Gasteiger charge is 2.44. The third-order valence-electron chi connectivity index (χ3n) is 5.07. The fourth-order valence-electron chi connectivity index (χ4n) is 3.88. The van der Waals surface area contributed by atoms with Crippen LogP contribution < -0.4 is 0 Å². The molecule has 0 radical (unpaired) electrons. The van der Waals surface area contributed by atoms with Crippen LogP contribution in [0.15, 0.2) is 24.5 Å². The van der Waals surface area contributed by atoms with Crippen LogP contribution in [0.2, 0.25) is 5.02 Å². The molecule has 0 N–H and O–H groups in total. The molecule has 150 valence electrons. The van der Waals surface area contributed by atoms with Crippen molar-refractivity contribution in [2.75, 3.05) is 6.61 Å². The normalized spacial score (nSPS) is 21.0. The lowest BCUT2D eigenvalue weighted by atomic mass is 9.92. The number of halogens is 2. The SMILES string of the molecule is O=CCOC(=O)C1CC[C@@H]2CC(c3c(-n4cnnn4)ccc(Cl)c3F)=CC(=O)N12. The molecule has 2 aromatic rings. The largest absolute Gasteiger partial charge is 0.456 e. The first-order valence-corrected chi connectivity index (χ1v) is 9.24. The number of esters is 1. The zero-order valence-corrected chi connectivity index (χ0v) is 15.8. The van der Waals surface area contributed by atoms with Crippen molar-refractivity contribution in [2.45, 2.75) is 31.3 Å². The number of hydrogen-bond acceptors (Lipinski definition) is 7. The van der Waals surface area contributed by atoms with E-state index in [1.807, 2.05) is 0 Å². The third kappa shape index (κ3) is 3.39. The highest BCUT2D eigenvalue weighted by Crippen LogP contribution is 2.39. The summed E-state index contributed by atoms with van der Waals surface area (Å²) < 4.78 is 21.1. The Morgan fingerprint density at radius 1 is 1.38 bits per heavy atom. The van der Waals surface area contributed by atoms with Gasteiger partial charge in [-0.15, -0.1) is 5.10 Å². The Labute approximate surface area is 169 Å². The molecular weight excluding hydrogens is 405 g/mol. The number of ether oxygens (including phenoxy) is 1. The standard InChI is InChI=1S/C18H15ClFN5O4/c19-12-2-4-13(24-9-21-22-23-24)16(17(12)20)10-7-11-1-3-14(18(28)29-6-5-26)25(11)15(27)8-10/h2,4-5,8-9,11,14H,1,3,6-7H2/t11-,14?/m1/s1. The summed E-state index contributed by atoms with van der Waals surface area (Å²) in [4.78, 5) is 36.8. The van der Waals surface area contributed by atoms with Gasteiger partial charge in [0.25, 0.3) is 0 Å². The van der Waals surface area contributed by atoms with Crippen molar-refractivity contribution < 1.29 is 23.5 Å². The van der Waals surface area contributed by atoms with Crippen LogP contribution in [0.3, 0.4) is 0 Å². The Balaban J connectivity index is 1.70. The van der Waals surface area contributed by atoms with Gasteiger partial charge in [-0.1, -0.05) is 11.6 Å². The van der Waals surface area contributed by atoms with E-state index in [9.17, 15) is 18.8 Å². The summed E-state index contributed by atoms with van der Waals surface area (Å²) in [7, 11) is 0. The lowest BCUT2D eigenvalue weighted by Crippen LogP contribution is -2.47. The van der Waals surface area contributed by atoms with Crippen molar-refractivity contribution >= 4 is 35.3 Å². The summed E-state index contributed by atoms with van der Waals surface area (Å²) in [5.74, 6) is -1.72. The summed E-state index contributed by atoms with van der Waals surface area (Å²) in [6, 6.07) is 1.91. The molecule has 0 bridgehead atoms. The van der Waals surface area contributed by atoms with E-state index in [1.54, 1.807) is 6.07 Å². The van der Waals surface area contributed by atoms with Gasteiger partial charge in [0.05, 0.1) is 10.7 Å². The van der Waals surface area contributed by atoms with Crippen molar-refractivity contribution in [3.05, 3.63) is 40.9 Å². The number of carbonyl (C=O) groups is 3. The summed E-state index contributed by atoms with van der Waals surface area (Å²) >= 11 is 5.98. The van der Waals surface area contributed by atoms with Gasteiger partial charge in [0, 0.05) is 17.7 Å². The van der Waals surface area contributed by atoms with E-state index in [-0.39, 0.29) is 23.2 Å². The molecule has 2 aliphatic rings. The summed E-state index contributed by atoms with van der Waals surface area (Å²) in [5.41, 5.74) is 0.942. The van der Waals surface area contributed by atoms with Crippen molar-refractivity contribution in [2.24, 2.45) is 0 Å². The van der Waals surface area contributed by atoms with Gasteiger partial charge in [-0.2, -0.15) is 4.68 Å². The highest BCUT2D eigenvalue weighted by atomic mass is 35.5. The van der Waals surface area contributed by atoms with Crippen molar-refractivity contribution in [1.29, 1.82) is 0 Å². The Bertz CT molecular complexity index is 1010. The van der Waals surface area contributed by atoms with E-state index in [4.69, 9.17) is 16.3 Å². The van der Waals surface area contributed by atoms with Crippen molar-refractivity contribution in [3.8, 4) is 5.69 Å². The molecule has 29 heavy (non-hydrogen) atoms. The molecule has 1 fully saturated rings. The zero-order chi connectivity index (χ0) is 20.5. The number of amides is 1. The number of hydrogen-bond donors (Lipinski definition) is 0. The maximum atomic E-state index is 15.0. The molecule has 11 heteroatoms. The minimum Gasteiger partial charge on any atom is -0.456 e. The molecule has 0 aliphatic carbocycles. The Hall–Kier alpha value is -3.14. The maximum absolute atomic E-state index is 15.0. The first-order chi connectivity index (χ1) is 14.0. The lowest BCUT2D eigenvalue weighted by molar-refractivity contribution is -0.154. The van der Waals surface area contributed by atoms with Crippen molar-refractivity contribution in [1.82, 2.24) is 25.1 Å². The first-order valence-electron chi connectivity index (χ1n) is 8.86. The second-order valence-electron chi connectivity index (χ2n) is 6.67. The molecule has 1 saturated heterocycles. The van der Waals surface area contributed by atoms with Gasteiger partial charge in [-0.25, -0.2) is 9.18 Å². The second-order valence-corrected chi connectivity index (χ2v) is 7.08. The summed E-state index contributed by atoms with van der Waals surface area (Å²) in [5, 5.41) is 10.8. The molecular formula is C18H15ClFN5O4. The Morgan fingerprint density at radius 2 is 2.21 bits per heavy atom. The number of fused-ring (bicyclic) bond motifs is 1. The van der Waals surface area contributed by atoms with E-state index < -0.39 is 23.7 Å². The molecule has 1 aromatic carbocycles. The van der Waals surface area contributed by atoms with Gasteiger partial charge in [0.1, 0.15) is 19.0 Å². The van der Waals surface area contributed by atoms with E-state index in [2.05, 4.69) is 15.5 Å². The Morgan fingerprint density at radius 3 is 2.93 bits per heavy atom. The van der Waals surface area contributed by atoms with Gasteiger partial charge in [0.15, 0.2) is 12.1 Å². The van der Waals surface area contributed by atoms with Crippen LogP contribution in [0.4, 0.5) is 4.39 Å². The van der Waals surface area contributed by atoms with E-state index >= 15 is 0 Å². The number of aldehydes is 1. The molecule has 1 aromatic heterocycles. The zero-order valence-electron chi connectivity index (χ0n) is 15.0. The minimum atomic E-state index is -0.756. The van der Waals surface area contributed by atoms with Crippen LogP contribution in [-0.4, -0.2) is 62.0 Å². The average molecular weight is 420 g/mol. The van der Waals surface area contributed by atoms with E-state index in [0.29, 0.717) is 36.8 Å². The third-order valence-corrected chi connectivity index (χ3v) is 5.36. The van der Waals surface area contributed by atoms with Crippen LogP contribution >= 0.6 is 11.6 Å². The fraction of sp³-hybridized carbons (Fsp3) is 0.333. The molecule has 4 rings (SSSR count).